The third-order valence-electron chi connectivity index (χ3n) is 1.53. The van der Waals surface area contributed by atoms with Gasteiger partial charge in [-0.1, -0.05) is 34.8 Å². The predicted octanol–water partition coefficient (Wildman–Crippen LogP) is 3.67. The molecule has 0 aliphatic rings. The van der Waals surface area contributed by atoms with Crippen LogP contribution in [0, 0.1) is 0 Å². The fraction of sp³-hybridized carbons (Fsp3) is 0.250. The van der Waals surface area contributed by atoms with Crippen LogP contribution in [0.1, 0.15) is 18.5 Å². The monoisotopic (exact) mass is 223 g/mol. The van der Waals surface area contributed by atoms with Crippen LogP contribution in [0.4, 0.5) is 0 Å². The molecule has 0 bridgehead atoms. The molecule has 0 spiro atoms. The number of hydrogen-bond donors (Lipinski definition) is 1. The second kappa shape index (κ2) is 3.84. The number of rotatable bonds is 1. The summed E-state index contributed by atoms with van der Waals surface area (Å²) in [4.78, 5) is 0. The lowest BCUT2D eigenvalue weighted by molar-refractivity contribution is 0.818. The maximum absolute atomic E-state index is 5.87. The molecule has 1 atom stereocenters. The molecule has 0 aromatic heterocycles. The highest BCUT2D eigenvalue weighted by Gasteiger charge is 2.08. The Labute approximate surface area is 86.4 Å². The Bertz CT molecular complexity index is 297. The summed E-state index contributed by atoms with van der Waals surface area (Å²) < 4.78 is 0. The van der Waals surface area contributed by atoms with Crippen molar-refractivity contribution in [3.63, 3.8) is 0 Å². The molecule has 0 aliphatic carbocycles. The first kappa shape index (κ1) is 10.1. The molecule has 1 aromatic rings. The van der Waals surface area contributed by atoms with Crippen molar-refractivity contribution in [3.05, 3.63) is 32.8 Å². The maximum Gasteiger partial charge on any atom is 0.0607 e. The molecule has 0 radical (unpaired) electrons. The van der Waals surface area contributed by atoms with Gasteiger partial charge in [0.1, 0.15) is 0 Å². The van der Waals surface area contributed by atoms with Crippen molar-refractivity contribution < 1.29 is 0 Å². The van der Waals surface area contributed by atoms with Gasteiger partial charge in [0.15, 0.2) is 0 Å². The van der Waals surface area contributed by atoms with Crippen LogP contribution in [-0.4, -0.2) is 0 Å². The minimum absolute atomic E-state index is 0.132. The largest absolute Gasteiger partial charge is 0.324 e. The second-order valence-electron chi connectivity index (χ2n) is 2.58. The van der Waals surface area contributed by atoms with E-state index in [0.717, 1.165) is 5.56 Å². The summed E-state index contributed by atoms with van der Waals surface area (Å²) in [6.07, 6.45) is 0. The van der Waals surface area contributed by atoms with Crippen molar-refractivity contribution in [2.45, 2.75) is 13.0 Å². The first-order valence-electron chi connectivity index (χ1n) is 3.42. The van der Waals surface area contributed by atoms with Crippen molar-refractivity contribution in [2.75, 3.05) is 0 Å². The van der Waals surface area contributed by atoms with Crippen LogP contribution in [0.25, 0.3) is 0 Å². The van der Waals surface area contributed by atoms with Crippen molar-refractivity contribution >= 4 is 34.8 Å². The second-order valence-corrected chi connectivity index (χ2v) is 3.80. The maximum atomic E-state index is 5.87. The highest BCUT2D eigenvalue weighted by molar-refractivity contribution is 6.43. The minimum atomic E-state index is -0.132. The van der Waals surface area contributed by atoms with Crippen LogP contribution in [0.2, 0.25) is 15.1 Å². The average molecular weight is 225 g/mol. The molecule has 4 heteroatoms. The van der Waals surface area contributed by atoms with Crippen LogP contribution < -0.4 is 5.73 Å². The Kier molecular flexibility index (Phi) is 3.24. The van der Waals surface area contributed by atoms with Crippen molar-refractivity contribution in [2.24, 2.45) is 5.73 Å². The van der Waals surface area contributed by atoms with Gasteiger partial charge in [0.2, 0.25) is 0 Å². The molecule has 0 heterocycles. The number of halogens is 3. The van der Waals surface area contributed by atoms with Gasteiger partial charge in [-0.15, -0.1) is 0 Å². The highest BCUT2D eigenvalue weighted by atomic mass is 35.5. The van der Waals surface area contributed by atoms with Crippen LogP contribution in [-0.2, 0) is 0 Å². The zero-order chi connectivity index (χ0) is 9.30. The van der Waals surface area contributed by atoms with Crippen molar-refractivity contribution in [3.8, 4) is 0 Å². The van der Waals surface area contributed by atoms with Gasteiger partial charge in [-0.05, 0) is 24.6 Å². The van der Waals surface area contributed by atoms with Crippen LogP contribution >= 0.6 is 34.8 Å². The zero-order valence-corrected chi connectivity index (χ0v) is 8.71. The van der Waals surface area contributed by atoms with Gasteiger partial charge in [0.25, 0.3) is 0 Å². The quantitative estimate of drug-likeness (QED) is 0.724. The van der Waals surface area contributed by atoms with E-state index in [9.17, 15) is 0 Å². The Morgan fingerprint density at radius 2 is 1.58 bits per heavy atom. The van der Waals surface area contributed by atoms with Gasteiger partial charge in [-0.3, -0.25) is 0 Å². The number of benzene rings is 1. The summed E-state index contributed by atoms with van der Waals surface area (Å²) in [6, 6.07) is 3.16. The average Bonchev–Trinajstić information content (AvgIpc) is 1.96. The van der Waals surface area contributed by atoms with Crippen molar-refractivity contribution in [1.29, 1.82) is 0 Å². The van der Waals surface area contributed by atoms with Gasteiger partial charge in [0, 0.05) is 11.1 Å². The molecule has 0 saturated carbocycles. The lowest BCUT2D eigenvalue weighted by Crippen LogP contribution is -2.05. The Hall–Kier alpha value is 0.0500. The third-order valence-corrected chi connectivity index (χ3v) is 2.58. The van der Waals surface area contributed by atoms with E-state index in [-0.39, 0.29) is 6.04 Å². The van der Waals surface area contributed by atoms with E-state index in [1.807, 2.05) is 6.92 Å². The van der Waals surface area contributed by atoms with E-state index in [0.29, 0.717) is 15.1 Å². The number of nitrogens with two attached hydrogens (primary N) is 1. The van der Waals surface area contributed by atoms with Crippen LogP contribution in [0.3, 0.4) is 0 Å². The molecule has 2 N–H and O–H groups in total. The summed E-state index contributed by atoms with van der Waals surface area (Å²) >= 11 is 17.4. The molecule has 0 aliphatic heterocycles. The molecular formula is C8H8Cl3N. The molecule has 12 heavy (non-hydrogen) atoms. The van der Waals surface area contributed by atoms with E-state index < -0.39 is 0 Å². The van der Waals surface area contributed by atoms with Crippen LogP contribution in [0.5, 0.6) is 0 Å². The topological polar surface area (TPSA) is 26.0 Å². The summed E-state index contributed by atoms with van der Waals surface area (Å²) in [5.74, 6) is 0. The summed E-state index contributed by atoms with van der Waals surface area (Å²) in [5.41, 5.74) is 6.46. The van der Waals surface area contributed by atoms with Crippen molar-refractivity contribution in [1.82, 2.24) is 0 Å². The summed E-state index contributed by atoms with van der Waals surface area (Å²) in [7, 11) is 0. The first-order chi connectivity index (χ1) is 5.52. The standard InChI is InChI=1S/C8H8Cl3N/c1-4(12)5-2-7(10)8(11)3-6(5)9/h2-4H,12H2,1H3. The van der Waals surface area contributed by atoms with Gasteiger partial charge in [-0.25, -0.2) is 0 Å². The van der Waals surface area contributed by atoms with Gasteiger partial charge in [-0.2, -0.15) is 0 Å². The third kappa shape index (κ3) is 2.05. The highest BCUT2D eigenvalue weighted by Crippen LogP contribution is 2.31. The van der Waals surface area contributed by atoms with E-state index in [1.54, 1.807) is 12.1 Å². The Morgan fingerprint density at radius 3 is 2.08 bits per heavy atom. The first-order valence-corrected chi connectivity index (χ1v) is 4.55. The summed E-state index contributed by atoms with van der Waals surface area (Å²) in [6.45, 7) is 1.84. The van der Waals surface area contributed by atoms with Gasteiger partial charge in [0.05, 0.1) is 10.0 Å². The fourth-order valence-electron chi connectivity index (χ4n) is 0.887. The normalized spacial score (nSPS) is 13.1. The molecule has 0 saturated heterocycles. The minimum Gasteiger partial charge on any atom is -0.324 e. The predicted molar refractivity (Wildman–Crippen MR) is 54.1 cm³/mol. The van der Waals surface area contributed by atoms with E-state index in [2.05, 4.69) is 0 Å². The van der Waals surface area contributed by atoms with Gasteiger partial charge < -0.3 is 5.73 Å². The summed E-state index contributed by atoms with van der Waals surface area (Å²) in [5, 5.41) is 1.49. The van der Waals surface area contributed by atoms with E-state index >= 15 is 0 Å². The molecule has 1 aromatic carbocycles. The number of hydrogen-bond acceptors (Lipinski definition) is 1. The van der Waals surface area contributed by atoms with Crippen LogP contribution in [0.15, 0.2) is 12.1 Å². The molecule has 1 nitrogen and oxygen atoms in total. The molecule has 66 valence electrons. The molecule has 0 fully saturated rings. The zero-order valence-electron chi connectivity index (χ0n) is 6.44. The molecule has 0 amide bonds. The van der Waals surface area contributed by atoms with E-state index in [1.165, 1.54) is 0 Å². The smallest absolute Gasteiger partial charge is 0.0607 e. The van der Waals surface area contributed by atoms with E-state index in [4.69, 9.17) is 40.5 Å². The Balaban J connectivity index is 3.23. The molecule has 1 unspecified atom stereocenters. The lowest BCUT2D eigenvalue weighted by atomic mass is 10.1. The fourth-order valence-corrected chi connectivity index (χ4v) is 1.61. The molecular weight excluding hydrogens is 216 g/mol. The molecule has 1 rings (SSSR count). The lowest BCUT2D eigenvalue weighted by Gasteiger charge is -2.09. The Morgan fingerprint density at radius 1 is 1.08 bits per heavy atom. The SMILES string of the molecule is CC(N)c1cc(Cl)c(Cl)cc1Cl. The van der Waals surface area contributed by atoms with Gasteiger partial charge >= 0.3 is 0 Å².